The van der Waals surface area contributed by atoms with Crippen LogP contribution in [0.2, 0.25) is 0 Å². The molecule has 0 atom stereocenters. The second-order valence-electron chi connectivity index (χ2n) is 9.17. The number of allylic oxidation sites excluding steroid dienone is 2. The molecule has 200 valence electrons. The number of thiocarbonyl (C=S) groups is 1. The Kier molecular flexibility index (Phi) is 20.2. The highest BCUT2D eigenvalue weighted by atomic mass is 32.1. The molecule has 0 aromatic heterocycles. The summed E-state index contributed by atoms with van der Waals surface area (Å²) >= 11 is 5.41. The number of nitrogens with one attached hydrogen (secondary N) is 2. The van der Waals surface area contributed by atoms with Crippen molar-refractivity contribution in [2.45, 2.75) is 103 Å². The number of unbranched alkanes of at least 4 members (excludes halogenated alkanes) is 12. The van der Waals surface area contributed by atoms with Gasteiger partial charge in [-0.2, -0.15) is 0 Å². The summed E-state index contributed by atoms with van der Waals surface area (Å²) in [5.74, 6) is 1.42. The molecule has 0 aliphatic carbocycles. The van der Waals surface area contributed by atoms with Crippen molar-refractivity contribution in [2.75, 3.05) is 26.8 Å². The van der Waals surface area contributed by atoms with Gasteiger partial charge < -0.3 is 25.8 Å². The van der Waals surface area contributed by atoms with Crippen LogP contribution in [0, 0.1) is 0 Å². The Balaban J connectivity index is 1.96. The summed E-state index contributed by atoms with van der Waals surface area (Å²) < 4.78 is 11.0. The number of benzene rings is 1. The minimum atomic E-state index is 0.471. The van der Waals surface area contributed by atoms with E-state index in [0.29, 0.717) is 36.3 Å². The zero-order valence-electron chi connectivity index (χ0n) is 22.4. The van der Waals surface area contributed by atoms with Gasteiger partial charge in [0.1, 0.15) is 6.61 Å². The minimum Gasteiger partial charge on any atom is -0.493 e. The number of methoxy groups -OCH3 is 1. The molecule has 0 bridgehead atoms. The van der Waals surface area contributed by atoms with Crippen LogP contribution < -0.4 is 25.8 Å². The second-order valence-corrected chi connectivity index (χ2v) is 9.58. The summed E-state index contributed by atoms with van der Waals surface area (Å²) in [7, 11) is 1.64. The Morgan fingerprint density at radius 2 is 1.49 bits per heavy atom. The van der Waals surface area contributed by atoms with E-state index >= 15 is 0 Å². The van der Waals surface area contributed by atoms with Crippen LogP contribution in [-0.2, 0) is 6.54 Å². The van der Waals surface area contributed by atoms with Crippen LogP contribution in [0.3, 0.4) is 0 Å². The topological polar surface area (TPSA) is 68.5 Å². The first-order valence-electron chi connectivity index (χ1n) is 13.9. The van der Waals surface area contributed by atoms with Crippen LogP contribution in [0.1, 0.15) is 102 Å². The molecule has 0 fully saturated rings. The van der Waals surface area contributed by atoms with Gasteiger partial charge in [0.05, 0.1) is 7.11 Å². The second kappa shape index (κ2) is 22.7. The SMILES string of the molecule is CCCCCCCC/C=C\CCCCCCCCNC(=S)NCc1ccc(OCCN)c(OC)c1. The zero-order chi connectivity index (χ0) is 25.4. The lowest BCUT2D eigenvalue weighted by Crippen LogP contribution is -2.35. The molecule has 0 saturated carbocycles. The highest BCUT2D eigenvalue weighted by molar-refractivity contribution is 7.80. The van der Waals surface area contributed by atoms with Gasteiger partial charge in [-0.05, 0) is 62.0 Å². The molecule has 0 unspecified atom stereocenters. The average molecular weight is 506 g/mol. The molecule has 35 heavy (non-hydrogen) atoms. The molecule has 0 heterocycles. The van der Waals surface area contributed by atoms with Gasteiger partial charge in [0.2, 0.25) is 0 Å². The molecule has 6 heteroatoms. The quantitative estimate of drug-likeness (QED) is 0.0892. The van der Waals surface area contributed by atoms with E-state index in [1.54, 1.807) is 7.11 Å². The van der Waals surface area contributed by atoms with Crippen molar-refractivity contribution in [2.24, 2.45) is 5.73 Å². The third-order valence-corrected chi connectivity index (χ3v) is 6.32. The third kappa shape index (κ3) is 17.3. The van der Waals surface area contributed by atoms with Crippen molar-refractivity contribution in [3.05, 3.63) is 35.9 Å². The summed E-state index contributed by atoms with van der Waals surface area (Å²) in [5, 5.41) is 7.27. The molecule has 1 rings (SSSR count). The molecule has 5 nitrogen and oxygen atoms in total. The predicted molar refractivity (Wildman–Crippen MR) is 154 cm³/mol. The van der Waals surface area contributed by atoms with Gasteiger partial charge in [-0.3, -0.25) is 0 Å². The maximum Gasteiger partial charge on any atom is 0.166 e. The van der Waals surface area contributed by atoms with Gasteiger partial charge in [0.25, 0.3) is 0 Å². The van der Waals surface area contributed by atoms with Gasteiger partial charge in [0, 0.05) is 19.6 Å². The Labute approximate surface area is 220 Å². The number of hydrogen-bond donors (Lipinski definition) is 3. The van der Waals surface area contributed by atoms with E-state index in [1.807, 2.05) is 18.2 Å². The molecule has 0 aliphatic heterocycles. The van der Waals surface area contributed by atoms with Gasteiger partial charge in [-0.15, -0.1) is 0 Å². The zero-order valence-corrected chi connectivity index (χ0v) is 23.2. The van der Waals surface area contributed by atoms with E-state index in [4.69, 9.17) is 27.4 Å². The lowest BCUT2D eigenvalue weighted by molar-refractivity contribution is 0.302. The largest absolute Gasteiger partial charge is 0.493 e. The lowest BCUT2D eigenvalue weighted by atomic mass is 10.1. The van der Waals surface area contributed by atoms with E-state index in [0.717, 1.165) is 18.5 Å². The fourth-order valence-electron chi connectivity index (χ4n) is 3.93. The van der Waals surface area contributed by atoms with Crippen molar-refractivity contribution in [3.63, 3.8) is 0 Å². The Hall–Kier alpha value is -1.79. The molecular formula is C29H51N3O2S. The molecule has 1 aromatic rings. The Morgan fingerprint density at radius 1 is 0.857 bits per heavy atom. The van der Waals surface area contributed by atoms with E-state index < -0.39 is 0 Å². The molecule has 0 saturated heterocycles. The van der Waals surface area contributed by atoms with Crippen LogP contribution in [0.25, 0.3) is 0 Å². The predicted octanol–water partition coefficient (Wildman–Crippen LogP) is 7.03. The van der Waals surface area contributed by atoms with Crippen molar-refractivity contribution in [3.8, 4) is 11.5 Å². The number of hydrogen-bond acceptors (Lipinski definition) is 4. The summed E-state index contributed by atoms with van der Waals surface area (Å²) in [6.45, 7) is 4.79. The highest BCUT2D eigenvalue weighted by Gasteiger charge is 2.06. The first-order valence-corrected chi connectivity index (χ1v) is 14.3. The monoisotopic (exact) mass is 505 g/mol. The average Bonchev–Trinajstić information content (AvgIpc) is 2.88. The summed E-state index contributed by atoms with van der Waals surface area (Å²) in [5.41, 5.74) is 6.59. The van der Waals surface area contributed by atoms with Gasteiger partial charge in [-0.25, -0.2) is 0 Å². The third-order valence-electron chi connectivity index (χ3n) is 6.03. The van der Waals surface area contributed by atoms with Crippen molar-refractivity contribution >= 4 is 17.3 Å². The molecule has 1 aromatic carbocycles. The molecule has 0 aliphatic rings. The number of rotatable bonds is 22. The fourth-order valence-corrected chi connectivity index (χ4v) is 4.10. The first kappa shape index (κ1) is 31.2. The summed E-state index contributed by atoms with van der Waals surface area (Å²) in [6.07, 6.45) is 23.3. The van der Waals surface area contributed by atoms with Gasteiger partial charge in [-0.1, -0.05) is 82.9 Å². The van der Waals surface area contributed by atoms with Gasteiger partial charge in [0.15, 0.2) is 16.6 Å². The minimum absolute atomic E-state index is 0.471. The first-order chi connectivity index (χ1) is 17.2. The lowest BCUT2D eigenvalue weighted by Gasteiger charge is -2.13. The van der Waals surface area contributed by atoms with Crippen LogP contribution in [0.15, 0.2) is 30.4 Å². The smallest absolute Gasteiger partial charge is 0.166 e. The maximum atomic E-state index is 5.59. The normalized spacial score (nSPS) is 11.1. The Morgan fingerprint density at radius 3 is 2.11 bits per heavy atom. The molecular weight excluding hydrogens is 454 g/mol. The van der Waals surface area contributed by atoms with Crippen molar-refractivity contribution in [1.82, 2.24) is 10.6 Å². The van der Waals surface area contributed by atoms with Crippen LogP contribution in [-0.4, -0.2) is 31.9 Å². The summed E-state index contributed by atoms with van der Waals surface area (Å²) in [4.78, 5) is 0. The molecule has 0 radical (unpaired) electrons. The van der Waals surface area contributed by atoms with Crippen LogP contribution in [0.4, 0.5) is 0 Å². The van der Waals surface area contributed by atoms with Gasteiger partial charge >= 0.3 is 0 Å². The number of nitrogens with two attached hydrogens (primary N) is 1. The highest BCUT2D eigenvalue weighted by Crippen LogP contribution is 2.27. The van der Waals surface area contributed by atoms with Crippen molar-refractivity contribution < 1.29 is 9.47 Å². The van der Waals surface area contributed by atoms with E-state index in [2.05, 4.69) is 29.7 Å². The van der Waals surface area contributed by atoms with E-state index in [1.165, 1.54) is 83.5 Å². The molecule has 0 spiro atoms. The maximum absolute atomic E-state index is 5.59. The van der Waals surface area contributed by atoms with Crippen LogP contribution >= 0.6 is 12.2 Å². The number of ether oxygens (including phenoxy) is 2. The molecule has 4 N–H and O–H groups in total. The van der Waals surface area contributed by atoms with Crippen LogP contribution in [0.5, 0.6) is 11.5 Å². The fraction of sp³-hybridized carbons (Fsp3) is 0.690. The Bertz CT molecular complexity index is 682. The summed E-state index contributed by atoms with van der Waals surface area (Å²) in [6, 6.07) is 5.89. The van der Waals surface area contributed by atoms with E-state index in [-0.39, 0.29) is 0 Å². The standard InChI is InChI=1S/C29H51N3O2S/c1-3-4-5-6-7-8-9-10-11-12-13-14-15-16-17-18-22-31-29(35)32-25-26-19-20-27(34-23-21-30)28(24-26)33-2/h10-11,19-20,24H,3-9,12-18,21-23,25,30H2,1-2H3,(H2,31,32,35)/b11-10-. The molecule has 0 amide bonds. The van der Waals surface area contributed by atoms with Crippen molar-refractivity contribution in [1.29, 1.82) is 0 Å². The van der Waals surface area contributed by atoms with E-state index in [9.17, 15) is 0 Å².